The van der Waals surface area contributed by atoms with Crippen molar-refractivity contribution in [3.05, 3.63) is 64.7 Å². The van der Waals surface area contributed by atoms with Crippen molar-refractivity contribution < 1.29 is 9.53 Å². The molecule has 0 radical (unpaired) electrons. The van der Waals surface area contributed by atoms with Crippen molar-refractivity contribution in [1.29, 1.82) is 0 Å². The van der Waals surface area contributed by atoms with Gasteiger partial charge in [0.2, 0.25) is 11.9 Å². The highest BCUT2D eigenvalue weighted by molar-refractivity contribution is 5.91. The molecule has 1 N–H and O–H groups in total. The molecule has 4 aromatic rings. The van der Waals surface area contributed by atoms with E-state index in [1.165, 1.54) is 4.57 Å². The normalized spacial score (nSPS) is 11.3. The molecule has 0 saturated heterocycles. The molecule has 0 saturated carbocycles. The first-order valence-corrected chi connectivity index (χ1v) is 10.4. The topological polar surface area (TPSA) is 91.0 Å². The second kappa shape index (κ2) is 9.09. The Hall–Kier alpha value is -3.52. The quantitative estimate of drug-likeness (QED) is 0.443. The van der Waals surface area contributed by atoms with E-state index in [9.17, 15) is 9.59 Å². The number of ether oxygens (including phenoxy) is 1. The van der Waals surface area contributed by atoms with Gasteiger partial charge in [0, 0.05) is 19.8 Å². The largest absolute Gasteiger partial charge is 0.382 e. The van der Waals surface area contributed by atoms with Gasteiger partial charge in [-0.2, -0.15) is 0 Å². The molecule has 0 aliphatic rings. The Morgan fingerprint density at radius 1 is 1.03 bits per heavy atom. The average Bonchev–Trinajstić information content (AvgIpc) is 3.11. The van der Waals surface area contributed by atoms with Crippen molar-refractivity contribution in [3.63, 3.8) is 0 Å². The van der Waals surface area contributed by atoms with Crippen LogP contribution in [0.4, 0.5) is 5.95 Å². The molecule has 0 unspecified atom stereocenters. The number of aromatic nitrogens is 4. The van der Waals surface area contributed by atoms with Crippen LogP contribution in [0.25, 0.3) is 21.9 Å². The summed E-state index contributed by atoms with van der Waals surface area (Å²) >= 11 is 0. The summed E-state index contributed by atoms with van der Waals surface area (Å²) in [7, 11) is 0. The molecule has 8 nitrogen and oxygen atoms in total. The van der Waals surface area contributed by atoms with Gasteiger partial charge in [0.15, 0.2) is 0 Å². The van der Waals surface area contributed by atoms with Crippen LogP contribution in [0.5, 0.6) is 0 Å². The Balaban J connectivity index is 1.59. The number of rotatable bonds is 8. The number of hydrogen-bond acceptors (Lipinski definition) is 5. The highest BCUT2D eigenvalue weighted by atomic mass is 16.5. The maximum atomic E-state index is 12.9. The molecular formula is C23H25N5O3. The number of anilines is 1. The monoisotopic (exact) mass is 419 g/mol. The van der Waals surface area contributed by atoms with E-state index in [0.717, 1.165) is 17.5 Å². The van der Waals surface area contributed by atoms with E-state index in [0.29, 0.717) is 42.4 Å². The van der Waals surface area contributed by atoms with E-state index in [4.69, 9.17) is 4.74 Å². The first kappa shape index (κ1) is 20.7. The Kier molecular flexibility index (Phi) is 6.08. The minimum absolute atomic E-state index is 0.134. The number of hydrogen-bond donors (Lipinski definition) is 1. The number of imidazole rings is 1. The summed E-state index contributed by atoms with van der Waals surface area (Å²) in [5, 5.41) is 3.37. The molecular weight excluding hydrogens is 394 g/mol. The fourth-order valence-electron chi connectivity index (χ4n) is 3.64. The van der Waals surface area contributed by atoms with Gasteiger partial charge in [-0.05, 0) is 44.5 Å². The molecule has 31 heavy (non-hydrogen) atoms. The van der Waals surface area contributed by atoms with Crippen LogP contribution < -0.4 is 10.9 Å². The number of para-hydroxylation sites is 3. The lowest BCUT2D eigenvalue weighted by Crippen LogP contribution is -2.30. The number of aryl methyl sites for hydroxylation is 2. The van der Waals surface area contributed by atoms with Gasteiger partial charge in [-0.15, -0.1) is 0 Å². The second-order valence-electron chi connectivity index (χ2n) is 7.24. The van der Waals surface area contributed by atoms with Crippen molar-refractivity contribution in [2.75, 3.05) is 18.5 Å². The van der Waals surface area contributed by atoms with Crippen LogP contribution in [0, 0.1) is 6.92 Å². The minimum Gasteiger partial charge on any atom is -0.382 e. The van der Waals surface area contributed by atoms with Crippen LogP contribution in [0.15, 0.2) is 53.3 Å². The molecule has 0 aliphatic heterocycles. The van der Waals surface area contributed by atoms with Crippen molar-refractivity contribution in [3.8, 4) is 0 Å². The molecule has 0 bridgehead atoms. The van der Waals surface area contributed by atoms with E-state index in [1.807, 2.05) is 41.8 Å². The predicted molar refractivity (Wildman–Crippen MR) is 120 cm³/mol. The first-order chi connectivity index (χ1) is 15.1. The summed E-state index contributed by atoms with van der Waals surface area (Å²) in [5.74, 6) is 0.620. The Labute approximate surface area is 179 Å². The van der Waals surface area contributed by atoms with Crippen molar-refractivity contribution >= 4 is 33.8 Å². The molecule has 4 rings (SSSR count). The lowest BCUT2D eigenvalue weighted by Gasteiger charge is -2.12. The van der Waals surface area contributed by atoms with Gasteiger partial charge in [-0.3, -0.25) is 19.5 Å². The Bertz CT molecular complexity index is 1290. The molecule has 0 fully saturated rings. The van der Waals surface area contributed by atoms with Gasteiger partial charge in [-0.25, -0.2) is 9.97 Å². The van der Waals surface area contributed by atoms with Crippen LogP contribution in [0.3, 0.4) is 0 Å². The van der Waals surface area contributed by atoms with E-state index in [-0.39, 0.29) is 18.0 Å². The van der Waals surface area contributed by atoms with E-state index < -0.39 is 0 Å². The molecule has 2 aromatic carbocycles. The summed E-state index contributed by atoms with van der Waals surface area (Å²) in [6.07, 6.45) is 0.796. The third kappa shape index (κ3) is 4.34. The molecule has 0 aliphatic carbocycles. The van der Waals surface area contributed by atoms with Crippen molar-refractivity contribution in [2.45, 2.75) is 33.4 Å². The van der Waals surface area contributed by atoms with Crippen molar-refractivity contribution in [2.24, 2.45) is 0 Å². The summed E-state index contributed by atoms with van der Waals surface area (Å²) in [5.41, 5.74) is 2.13. The predicted octanol–water partition coefficient (Wildman–Crippen LogP) is 3.12. The van der Waals surface area contributed by atoms with E-state index >= 15 is 0 Å². The number of amides is 1. The van der Waals surface area contributed by atoms with Gasteiger partial charge in [0.25, 0.3) is 5.56 Å². The summed E-state index contributed by atoms with van der Waals surface area (Å²) in [4.78, 5) is 34.7. The van der Waals surface area contributed by atoms with Gasteiger partial charge < -0.3 is 9.30 Å². The number of nitrogens with zero attached hydrogens (tertiary/aromatic N) is 4. The summed E-state index contributed by atoms with van der Waals surface area (Å²) in [6, 6.07) is 14.9. The molecule has 2 heterocycles. The summed E-state index contributed by atoms with van der Waals surface area (Å²) in [6.45, 7) is 5.52. The third-order valence-electron chi connectivity index (χ3n) is 5.13. The van der Waals surface area contributed by atoms with Crippen LogP contribution in [0.1, 0.15) is 19.2 Å². The lowest BCUT2D eigenvalue weighted by molar-refractivity contribution is -0.116. The smallest absolute Gasteiger partial charge is 0.261 e. The fourth-order valence-corrected chi connectivity index (χ4v) is 3.64. The molecule has 1 amide bonds. The van der Waals surface area contributed by atoms with Crippen molar-refractivity contribution in [1.82, 2.24) is 19.1 Å². The summed E-state index contributed by atoms with van der Waals surface area (Å²) < 4.78 is 8.80. The van der Waals surface area contributed by atoms with Crippen LogP contribution in [-0.4, -0.2) is 38.2 Å². The van der Waals surface area contributed by atoms with Crippen LogP contribution in [-0.2, 0) is 22.6 Å². The van der Waals surface area contributed by atoms with E-state index in [1.54, 1.807) is 25.1 Å². The maximum absolute atomic E-state index is 12.9. The SMILES string of the molecule is CCOCCCn1c(NC(=O)Cn2c(C)nc3ccccc3c2=O)nc2ccccc21. The molecule has 2 aromatic heterocycles. The number of benzene rings is 2. The third-order valence-corrected chi connectivity index (χ3v) is 5.13. The minimum atomic E-state index is -0.330. The van der Waals surface area contributed by atoms with Crippen LogP contribution in [0.2, 0.25) is 0 Å². The zero-order valence-electron chi connectivity index (χ0n) is 17.7. The second-order valence-corrected chi connectivity index (χ2v) is 7.24. The van der Waals surface area contributed by atoms with Gasteiger partial charge in [0.1, 0.15) is 12.4 Å². The number of fused-ring (bicyclic) bond motifs is 2. The average molecular weight is 419 g/mol. The maximum Gasteiger partial charge on any atom is 0.261 e. The highest BCUT2D eigenvalue weighted by Gasteiger charge is 2.16. The number of carbonyl (C=O) groups is 1. The highest BCUT2D eigenvalue weighted by Crippen LogP contribution is 2.20. The Morgan fingerprint density at radius 3 is 2.58 bits per heavy atom. The van der Waals surface area contributed by atoms with Crippen LogP contribution >= 0.6 is 0 Å². The number of carbonyl (C=O) groups excluding carboxylic acids is 1. The first-order valence-electron chi connectivity index (χ1n) is 10.4. The zero-order valence-corrected chi connectivity index (χ0v) is 17.7. The van der Waals surface area contributed by atoms with Gasteiger partial charge in [0.05, 0.1) is 21.9 Å². The molecule has 160 valence electrons. The Morgan fingerprint density at radius 2 is 1.77 bits per heavy atom. The number of nitrogens with one attached hydrogen (secondary N) is 1. The zero-order chi connectivity index (χ0) is 21.8. The standard InChI is InChI=1S/C23H25N5O3/c1-3-31-14-8-13-27-20-12-7-6-11-19(20)25-23(27)26-21(29)15-28-16(2)24-18-10-5-4-9-17(18)22(28)30/h4-7,9-12H,3,8,13-15H2,1-2H3,(H,25,26,29). The molecule has 0 atom stereocenters. The molecule has 0 spiro atoms. The van der Waals surface area contributed by atoms with E-state index in [2.05, 4.69) is 15.3 Å². The lowest BCUT2D eigenvalue weighted by atomic mass is 10.2. The molecule has 8 heteroatoms. The van der Waals surface area contributed by atoms with Gasteiger partial charge in [-0.1, -0.05) is 24.3 Å². The van der Waals surface area contributed by atoms with Gasteiger partial charge >= 0.3 is 0 Å². The fraction of sp³-hybridized carbons (Fsp3) is 0.304.